The fourth-order valence-electron chi connectivity index (χ4n) is 1.35. The summed E-state index contributed by atoms with van der Waals surface area (Å²) < 4.78 is 4.48. The Morgan fingerprint density at radius 2 is 2.33 bits per heavy atom. The lowest BCUT2D eigenvalue weighted by molar-refractivity contribution is -0.138. The number of rotatable bonds is 1. The maximum Gasteiger partial charge on any atom is 0.336 e. The topological polar surface area (TPSA) is 96.4 Å². The maximum absolute atomic E-state index is 11.5. The van der Waals surface area contributed by atoms with Crippen LogP contribution in [0.1, 0.15) is 6.42 Å². The van der Waals surface area contributed by atoms with Crippen molar-refractivity contribution in [2.75, 3.05) is 14.2 Å². The second-order valence-corrected chi connectivity index (χ2v) is 3.15. The Bertz CT molecular complexity index is 381. The van der Waals surface area contributed by atoms with Crippen LogP contribution in [0.2, 0.25) is 0 Å². The van der Waals surface area contributed by atoms with Crippen molar-refractivity contribution in [3.63, 3.8) is 0 Å². The molecule has 15 heavy (non-hydrogen) atoms. The summed E-state index contributed by atoms with van der Waals surface area (Å²) >= 11 is 0. The highest BCUT2D eigenvalue weighted by atomic mass is 16.5. The van der Waals surface area contributed by atoms with E-state index in [9.17, 15) is 9.59 Å². The van der Waals surface area contributed by atoms with Gasteiger partial charge in [-0.05, 0) is 0 Å². The van der Waals surface area contributed by atoms with Crippen LogP contribution >= 0.6 is 0 Å². The molecular weight excluding hydrogens is 198 g/mol. The molecule has 0 aromatic carbocycles. The molecule has 1 atom stereocenters. The van der Waals surface area contributed by atoms with Crippen molar-refractivity contribution in [3.8, 4) is 6.07 Å². The molecule has 0 saturated heterocycles. The van der Waals surface area contributed by atoms with Gasteiger partial charge in [0.05, 0.1) is 18.8 Å². The molecule has 1 heterocycles. The van der Waals surface area contributed by atoms with E-state index in [0.29, 0.717) is 0 Å². The Balaban J connectivity index is 3.12. The van der Waals surface area contributed by atoms with Crippen molar-refractivity contribution in [1.29, 1.82) is 5.26 Å². The van der Waals surface area contributed by atoms with Crippen molar-refractivity contribution < 1.29 is 14.3 Å². The number of amides is 1. The smallest absolute Gasteiger partial charge is 0.336 e. The number of nitrogens with zero attached hydrogens (tertiary/aromatic N) is 2. The molecule has 1 unspecified atom stereocenters. The predicted molar refractivity (Wildman–Crippen MR) is 50.0 cm³/mol. The summed E-state index contributed by atoms with van der Waals surface area (Å²) in [5.74, 6) is -1.18. The average Bonchev–Trinajstić information content (AvgIpc) is 2.25. The first-order chi connectivity index (χ1) is 7.02. The molecule has 0 aromatic rings. The van der Waals surface area contributed by atoms with Gasteiger partial charge in [0.1, 0.15) is 11.7 Å². The van der Waals surface area contributed by atoms with Gasteiger partial charge in [0.25, 0.3) is 5.91 Å². The van der Waals surface area contributed by atoms with Gasteiger partial charge in [-0.15, -0.1) is 0 Å². The Morgan fingerprint density at radius 3 is 2.80 bits per heavy atom. The van der Waals surface area contributed by atoms with Crippen LogP contribution in [0.4, 0.5) is 0 Å². The Hall–Kier alpha value is -2.03. The molecule has 1 rings (SSSR count). The number of hydrogen-bond donors (Lipinski definition) is 1. The monoisotopic (exact) mass is 209 g/mol. The van der Waals surface area contributed by atoms with Gasteiger partial charge in [-0.1, -0.05) is 0 Å². The van der Waals surface area contributed by atoms with Gasteiger partial charge < -0.3 is 15.4 Å². The second kappa shape index (κ2) is 4.00. The first-order valence-electron chi connectivity index (χ1n) is 4.26. The van der Waals surface area contributed by atoms with E-state index in [1.807, 2.05) is 6.07 Å². The summed E-state index contributed by atoms with van der Waals surface area (Å²) in [7, 11) is 2.67. The maximum atomic E-state index is 11.5. The number of nitriles is 1. The summed E-state index contributed by atoms with van der Waals surface area (Å²) in [5.41, 5.74) is 5.42. The summed E-state index contributed by atoms with van der Waals surface area (Å²) in [6.07, 6.45) is 0.108. The van der Waals surface area contributed by atoms with Crippen LogP contribution < -0.4 is 5.73 Å². The fourth-order valence-corrected chi connectivity index (χ4v) is 1.35. The number of carbonyl (C=O) groups is 2. The van der Waals surface area contributed by atoms with Gasteiger partial charge in [0.15, 0.2) is 0 Å². The van der Waals surface area contributed by atoms with E-state index in [1.54, 1.807) is 0 Å². The molecule has 0 saturated carbocycles. The van der Waals surface area contributed by atoms with Crippen molar-refractivity contribution in [2.45, 2.75) is 12.5 Å². The molecule has 0 spiro atoms. The first-order valence-corrected chi connectivity index (χ1v) is 4.26. The van der Waals surface area contributed by atoms with Gasteiger partial charge in [-0.3, -0.25) is 4.79 Å². The minimum absolute atomic E-state index is 0.0761. The highest BCUT2D eigenvalue weighted by molar-refractivity contribution is 6.03. The van der Waals surface area contributed by atoms with Crippen LogP contribution in [-0.4, -0.2) is 37.0 Å². The third kappa shape index (κ3) is 1.76. The number of methoxy groups -OCH3 is 1. The van der Waals surface area contributed by atoms with Crippen LogP contribution in [0.5, 0.6) is 0 Å². The molecular formula is C9H11N3O3. The molecule has 6 heteroatoms. The fraction of sp³-hybridized carbons (Fsp3) is 0.444. The zero-order valence-corrected chi connectivity index (χ0v) is 8.48. The number of esters is 1. The van der Waals surface area contributed by atoms with Crippen LogP contribution in [-0.2, 0) is 14.3 Å². The quantitative estimate of drug-likeness (QED) is 0.566. The van der Waals surface area contributed by atoms with Crippen molar-refractivity contribution >= 4 is 11.9 Å². The molecule has 0 fully saturated rings. The summed E-state index contributed by atoms with van der Waals surface area (Å²) in [6.45, 7) is 0. The Kier molecular flexibility index (Phi) is 2.95. The van der Waals surface area contributed by atoms with E-state index in [0.717, 1.165) is 0 Å². The molecule has 1 aliphatic heterocycles. The third-order valence-corrected chi connectivity index (χ3v) is 2.32. The highest BCUT2D eigenvalue weighted by Gasteiger charge is 2.33. The average molecular weight is 209 g/mol. The van der Waals surface area contributed by atoms with Gasteiger partial charge in [0.2, 0.25) is 0 Å². The van der Waals surface area contributed by atoms with E-state index >= 15 is 0 Å². The number of carbonyl (C=O) groups excluding carboxylic acids is 2. The number of nitrogens with two attached hydrogens (primary N) is 1. The molecule has 0 aliphatic carbocycles. The number of hydrogen-bond acceptors (Lipinski definition) is 5. The summed E-state index contributed by atoms with van der Waals surface area (Å²) in [5, 5.41) is 8.78. The van der Waals surface area contributed by atoms with Gasteiger partial charge in [-0.25, -0.2) is 4.79 Å². The number of ether oxygens (including phenoxy) is 1. The number of likely N-dealkylation sites (N-methyl/N-ethyl adjacent to an activating group) is 1. The van der Waals surface area contributed by atoms with E-state index < -0.39 is 17.9 Å². The third-order valence-electron chi connectivity index (χ3n) is 2.32. The van der Waals surface area contributed by atoms with Crippen LogP contribution in [0.25, 0.3) is 0 Å². The lowest BCUT2D eigenvalue weighted by atomic mass is 9.99. The zero-order valence-electron chi connectivity index (χ0n) is 8.48. The summed E-state index contributed by atoms with van der Waals surface area (Å²) in [4.78, 5) is 24.0. The lowest BCUT2D eigenvalue weighted by Gasteiger charge is -2.28. The molecule has 0 bridgehead atoms. The van der Waals surface area contributed by atoms with Crippen molar-refractivity contribution in [2.24, 2.45) is 5.73 Å². The minimum atomic E-state index is -0.668. The van der Waals surface area contributed by atoms with E-state index in [4.69, 9.17) is 11.0 Å². The molecule has 80 valence electrons. The van der Waals surface area contributed by atoms with E-state index in [1.165, 1.54) is 19.1 Å². The Morgan fingerprint density at radius 1 is 1.73 bits per heavy atom. The molecule has 6 nitrogen and oxygen atoms in total. The first kappa shape index (κ1) is 11.0. The zero-order chi connectivity index (χ0) is 11.6. The van der Waals surface area contributed by atoms with Crippen LogP contribution in [0, 0.1) is 11.3 Å². The largest absolute Gasteiger partial charge is 0.466 e. The van der Waals surface area contributed by atoms with Crippen molar-refractivity contribution in [3.05, 3.63) is 11.3 Å². The second-order valence-electron chi connectivity index (χ2n) is 3.15. The standard InChI is InChI=1S/C9H11N3O3/c1-12-5(4-10)3-6(9(14)15-2)7(11)8(12)13/h5H,3,11H2,1-2H3. The molecule has 2 N–H and O–H groups in total. The van der Waals surface area contributed by atoms with E-state index in [2.05, 4.69) is 4.74 Å². The van der Waals surface area contributed by atoms with E-state index in [-0.39, 0.29) is 17.7 Å². The van der Waals surface area contributed by atoms with Gasteiger partial charge in [-0.2, -0.15) is 5.26 Å². The molecule has 1 aliphatic rings. The lowest BCUT2D eigenvalue weighted by Crippen LogP contribution is -2.44. The Labute approximate surface area is 86.9 Å². The minimum Gasteiger partial charge on any atom is -0.466 e. The van der Waals surface area contributed by atoms with Crippen molar-refractivity contribution in [1.82, 2.24) is 4.90 Å². The highest BCUT2D eigenvalue weighted by Crippen LogP contribution is 2.21. The molecule has 1 amide bonds. The molecule has 0 aromatic heterocycles. The summed E-state index contributed by atoms with van der Waals surface area (Å²) in [6, 6.07) is 1.25. The predicted octanol–water partition coefficient (Wildman–Crippen LogP) is -0.874. The van der Waals surface area contributed by atoms with Crippen LogP contribution in [0.3, 0.4) is 0 Å². The van der Waals surface area contributed by atoms with Gasteiger partial charge in [0, 0.05) is 13.5 Å². The molecule has 0 radical (unpaired) electrons. The van der Waals surface area contributed by atoms with Crippen LogP contribution in [0.15, 0.2) is 11.3 Å². The normalized spacial score (nSPS) is 21.3. The van der Waals surface area contributed by atoms with Gasteiger partial charge >= 0.3 is 5.97 Å². The SMILES string of the molecule is COC(=O)C1=C(N)C(=O)N(C)C(C#N)C1.